The lowest BCUT2D eigenvalue weighted by Crippen LogP contribution is -2.26. The fourth-order valence-corrected chi connectivity index (χ4v) is 3.96. The van der Waals surface area contributed by atoms with Crippen LogP contribution < -0.4 is 25.6 Å². The van der Waals surface area contributed by atoms with Gasteiger partial charge in [-0.2, -0.15) is 0 Å². The number of para-hydroxylation sites is 1. The standard InChI is InChI=1S/C26H27FN4O3/c1-34-24-7-3-2-6-19(24)17-28-25(32)18-8-13-23(31-14-4-5-15-31)22(16-18)30-26(33)29-21-11-9-20(27)10-12-21/h2-3,6-13,16H,4-5,14-15,17H2,1H3,(H,28,32)(H2,29,30,33). The number of urea groups is 1. The highest BCUT2D eigenvalue weighted by molar-refractivity contribution is 6.04. The maximum absolute atomic E-state index is 13.2. The second kappa shape index (κ2) is 10.7. The zero-order chi connectivity index (χ0) is 23.9. The highest BCUT2D eigenvalue weighted by atomic mass is 19.1. The van der Waals surface area contributed by atoms with Crippen molar-refractivity contribution in [1.29, 1.82) is 0 Å². The first-order valence-corrected chi connectivity index (χ1v) is 11.2. The van der Waals surface area contributed by atoms with E-state index < -0.39 is 6.03 Å². The Morgan fingerprint density at radius 2 is 1.71 bits per heavy atom. The average Bonchev–Trinajstić information content (AvgIpc) is 3.39. The van der Waals surface area contributed by atoms with Crippen molar-refractivity contribution < 1.29 is 18.7 Å². The van der Waals surface area contributed by atoms with Crippen LogP contribution in [-0.2, 0) is 6.54 Å². The fourth-order valence-electron chi connectivity index (χ4n) is 3.96. The predicted octanol–water partition coefficient (Wildman–Crippen LogP) is 5.01. The summed E-state index contributed by atoms with van der Waals surface area (Å²) in [4.78, 5) is 27.7. The number of nitrogens with zero attached hydrogens (tertiary/aromatic N) is 1. The van der Waals surface area contributed by atoms with Gasteiger partial charge in [-0.25, -0.2) is 9.18 Å². The molecule has 7 nitrogen and oxygen atoms in total. The van der Waals surface area contributed by atoms with Gasteiger partial charge in [0.1, 0.15) is 11.6 Å². The van der Waals surface area contributed by atoms with Crippen molar-refractivity contribution >= 4 is 29.0 Å². The van der Waals surface area contributed by atoms with Crippen molar-refractivity contribution in [3.63, 3.8) is 0 Å². The van der Waals surface area contributed by atoms with Gasteiger partial charge in [0, 0.05) is 36.4 Å². The smallest absolute Gasteiger partial charge is 0.323 e. The Morgan fingerprint density at radius 1 is 0.971 bits per heavy atom. The number of carbonyl (C=O) groups is 2. The number of hydrogen-bond donors (Lipinski definition) is 3. The summed E-state index contributed by atoms with van der Waals surface area (Å²) >= 11 is 0. The predicted molar refractivity (Wildman–Crippen MR) is 131 cm³/mol. The molecule has 34 heavy (non-hydrogen) atoms. The van der Waals surface area contributed by atoms with Crippen molar-refractivity contribution in [2.75, 3.05) is 35.7 Å². The summed E-state index contributed by atoms with van der Waals surface area (Å²) in [5, 5.41) is 8.45. The molecule has 1 aliphatic heterocycles. The summed E-state index contributed by atoms with van der Waals surface area (Å²) in [7, 11) is 1.59. The molecule has 1 saturated heterocycles. The Labute approximate surface area is 197 Å². The zero-order valence-electron chi connectivity index (χ0n) is 18.9. The summed E-state index contributed by atoms with van der Waals surface area (Å²) < 4.78 is 18.5. The van der Waals surface area contributed by atoms with Crippen molar-refractivity contribution in [3.8, 4) is 5.75 Å². The summed E-state index contributed by atoms with van der Waals surface area (Å²) in [6, 6.07) is 17.8. The molecule has 3 aromatic carbocycles. The van der Waals surface area contributed by atoms with Gasteiger partial charge in [0.05, 0.1) is 18.5 Å². The Kier molecular flexibility index (Phi) is 7.27. The molecule has 4 rings (SSSR count). The van der Waals surface area contributed by atoms with Crippen LogP contribution in [0.25, 0.3) is 0 Å². The number of halogens is 1. The van der Waals surface area contributed by atoms with Crippen LogP contribution in [0.4, 0.5) is 26.2 Å². The molecule has 0 aliphatic carbocycles. The Hall–Kier alpha value is -4.07. The van der Waals surface area contributed by atoms with E-state index in [9.17, 15) is 14.0 Å². The molecule has 0 radical (unpaired) electrons. The molecular weight excluding hydrogens is 435 g/mol. The molecule has 0 aromatic heterocycles. The number of benzene rings is 3. The van der Waals surface area contributed by atoms with Crippen molar-refractivity contribution in [1.82, 2.24) is 5.32 Å². The molecule has 1 aliphatic rings. The second-order valence-corrected chi connectivity index (χ2v) is 8.01. The number of rotatable bonds is 7. The van der Waals surface area contributed by atoms with Gasteiger partial charge in [0.2, 0.25) is 0 Å². The first kappa shape index (κ1) is 23.1. The summed E-state index contributed by atoms with van der Waals surface area (Å²) in [6.07, 6.45) is 2.14. The van der Waals surface area contributed by atoms with Crippen LogP contribution in [0.5, 0.6) is 5.75 Å². The van der Waals surface area contributed by atoms with Gasteiger partial charge in [-0.3, -0.25) is 4.79 Å². The molecular formula is C26H27FN4O3. The molecule has 0 spiro atoms. The number of amides is 3. The monoisotopic (exact) mass is 462 g/mol. The van der Waals surface area contributed by atoms with Crippen LogP contribution in [0.3, 0.4) is 0 Å². The van der Waals surface area contributed by atoms with E-state index in [0.717, 1.165) is 37.2 Å². The topological polar surface area (TPSA) is 82.7 Å². The SMILES string of the molecule is COc1ccccc1CNC(=O)c1ccc(N2CCCC2)c(NC(=O)Nc2ccc(F)cc2)c1. The van der Waals surface area contributed by atoms with Crippen molar-refractivity contribution in [3.05, 3.63) is 83.7 Å². The third-order valence-electron chi connectivity index (χ3n) is 5.69. The Balaban J connectivity index is 1.51. The Morgan fingerprint density at radius 3 is 2.44 bits per heavy atom. The second-order valence-electron chi connectivity index (χ2n) is 8.01. The summed E-state index contributed by atoms with van der Waals surface area (Å²) in [6.45, 7) is 2.08. The first-order chi connectivity index (χ1) is 16.5. The third-order valence-corrected chi connectivity index (χ3v) is 5.69. The normalized spacial score (nSPS) is 12.8. The minimum absolute atomic E-state index is 0.263. The lowest BCUT2D eigenvalue weighted by Gasteiger charge is -2.22. The molecule has 3 aromatic rings. The molecule has 1 fully saturated rings. The van der Waals surface area contributed by atoms with Crippen molar-refractivity contribution in [2.45, 2.75) is 19.4 Å². The van der Waals surface area contributed by atoms with Gasteiger partial charge in [-0.05, 0) is 61.4 Å². The van der Waals surface area contributed by atoms with Gasteiger partial charge in [-0.1, -0.05) is 18.2 Å². The molecule has 3 N–H and O–H groups in total. The van der Waals surface area contributed by atoms with Crippen LogP contribution >= 0.6 is 0 Å². The van der Waals surface area contributed by atoms with E-state index in [1.165, 1.54) is 24.3 Å². The van der Waals surface area contributed by atoms with Gasteiger partial charge in [-0.15, -0.1) is 0 Å². The minimum atomic E-state index is -0.473. The average molecular weight is 463 g/mol. The highest BCUT2D eigenvalue weighted by Crippen LogP contribution is 2.30. The van der Waals surface area contributed by atoms with Crippen LogP contribution in [-0.4, -0.2) is 32.1 Å². The van der Waals surface area contributed by atoms with E-state index in [1.54, 1.807) is 19.2 Å². The fraction of sp³-hybridized carbons (Fsp3) is 0.231. The maximum atomic E-state index is 13.2. The van der Waals surface area contributed by atoms with Crippen LogP contribution in [0.2, 0.25) is 0 Å². The van der Waals surface area contributed by atoms with Crippen LogP contribution in [0, 0.1) is 5.82 Å². The van der Waals surface area contributed by atoms with E-state index in [-0.39, 0.29) is 11.7 Å². The van der Waals surface area contributed by atoms with E-state index >= 15 is 0 Å². The largest absolute Gasteiger partial charge is 0.496 e. The molecule has 0 saturated carbocycles. The summed E-state index contributed by atoms with van der Waals surface area (Å²) in [5.74, 6) is 0.0574. The number of methoxy groups -OCH3 is 1. The summed E-state index contributed by atoms with van der Waals surface area (Å²) in [5.41, 5.74) is 3.14. The van der Waals surface area contributed by atoms with Gasteiger partial charge < -0.3 is 25.6 Å². The number of hydrogen-bond acceptors (Lipinski definition) is 4. The van der Waals surface area contributed by atoms with E-state index in [1.807, 2.05) is 30.3 Å². The van der Waals surface area contributed by atoms with E-state index in [0.29, 0.717) is 29.2 Å². The minimum Gasteiger partial charge on any atom is -0.496 e. The molecule has 0 bridgehead atoms. The molecule has 3 amide bonds. The highest BCUT2D eigenvalue weighted by Gasteiger charge is 2.19. The third kappa shape index (κ3) is 5.64. The van der Waals surface area contributed by atoms with Crippen molar-refractivity contribution in [2.24, 2.45) is 0 Å². The number of anilines is 3. The van der Waals surface area contributed by atoms with Crippen LogP contribution in [0.1, 0.15) is 28.8 Å². The zero-order valence-corrected chi connectivity index (χ0v) is 18.9. The molecule has 0 atom stereocenters. The van der Waals surface area contributed by atoms with Gasteiger partial charge in [0.15, 0.2) is 0 Å². The molecule has 0 unspecified atom stereocenters. The molecule has 8 heteroatoms. The Bertz CT molecular complexity index is 1160. The number of nitrogens with one attached hydrogen (secondary N) is 3. The van der Waals surface area contributed by atoms with E-state index in [4.69, 9.17) is 4.74 Å². The first-order valence-electron chi connectivity index (χ1n) is 11.2. The number of ether oxygens (including phenoxy) is 1. The number of carbonyl (C=O) groups excluding carboxylic acids is 2. The quantitative estimate of drug-likeness (QED) is 0.461. The lowest BCUT2D eigenvalue weighted by atomic mass is 10.1. The van der Waals surface area contributed by atoms with Crippen LogP contribution in [0.15, 0.2) is 66.7 Å². The van der Waals surface area contributed by atoms with E-state index in [2.05, 4.69) is 20.9 Å². The van der Waals surface area contributed by atoms with Gasteiger partial charge in [0.25, 0.3) is 5.91 Å². The molecule has 1 heterocycles. The lowest BCUT2D eigenvalue weighted by molar-refractivity contribution is 0.0950. The maximum Gasteiger partial charge on any atom is 0.323 e. The molecule has 176 valence electrons. The van der Waals surface area contributed by atoms with Gasteiger partial charge >= 0.3 is 6.03 Å².